The second-order valence-electron chi connectivity index (χ2n) is 14.5. The van der Waals surface area contributed by atoms with Crippen molar-refractivity contribution in [1.29, 1.82) is 0 Å². The SMILES string of the molecule is c1ccc(-c2ccccc2N(c2ccc(-c3cc4c5ccccc5ccc4c4ccccc34)cc2)c2ccc3c(c2)c2ccccc2n3-c2ccccc2)cc1. The van der Waals surface area contributed by atoms with E-state index in [1.165, 1.54) is 76.4 Å². The van der Waals surface area contributed by atoms with Crippen LogP contribution in [0.3, 0.4) is 0 Å². The van der Waals surface area contributed by atoms with Crippen molar-refractivity contribution in [3.63, 3.8) is 0 Å². The fourth-order valence-corrected chi connectivity index (χ4v) is 8.80. The highest BCUT2D eigenvalue weighted by molar-refractivity contribution is 6.21. The maximum absolute atomic E-state index is 2.42. The molecule has 0 amide bonds. The lowest BCUT2D eigenvalue weighted by atomic mass is 9.91. The zero-order chi connectivity index (χ0) is 37.0. The first kappa shape index (κ1) is 32.0. The Morgan fingerprint density at radius 3 is 1.71 bits per heavy atom. The molecule has 0 aliphatic rings. The Hall–Kier alpha value is -7.42. The molecule has 262 valence electrons. The lowest BCUT2D eigenvalue weighted by Crippen LogP contribution is -2.11. The summed E-state index contributed by atoms with van der Waals surface area (Å²) in [5.41, 5.74) is 11.6. The van der Waals surface area contributed by atoms with E-state index < -0.39 is 0 Å². The average Bonchev–Trinajstić information content (AvgIpc) is 3.61. The summed E-state index contributed by atoms with van der Waals surface area (Å²) >= 11 is 0. The van der Waals surface area contributed by atoms with Gasteiger partial charge in [0.25, 0.3) is 0 Å². The van der Waals surface area contributed by atoms with E-state index in [2.05, 4.69) is 228 Å². The number of fused-ring (bicyclic) bond motifs is 8. The largest absolute Gasteiger partial charge is 0.310 e. The van der Waals surface area contributed by atoms with Crippen LogP contribution in [0.15, 0.2) is 218 Å². The Morgan fingerprint density at radius 1 is 0.304 bits per heavy atom. The molecule has 0 bridgehead atoms. The first-order valence-corrected chi connectivity index (χ1v) is 19.3. The van der Waals surface area contributed by atoms with Crippen molar-refractivity contribution in [2.45, 2.75) is 0 Å². The number of nitrogens with zero attached hydrogens (tertiary/aromatic N) is 2. The first-order valence-electron chi connectivity index (χ1n) is 19.3. The van der Waals surface area contributed by atoms with Crippen molar-refractivity contribution < 1.29 is 0 Å². The molecule has 0 unspecified atom stereocenters. The van der Waals surface area contributed by atoms with Gasteiger partial charge in [-0.1, -0.05) is 158 Å². The van der Waals surface area contributed by atoms with Crippen molar-refractivity contribution in [3.05, 3.63) is 218 Å². The fourth-order valence-electron chi connectivity index (χ4n) is 8.80. The molecule has 0 saturated heterocycles. The molecule has 0 aliphatic heterocycles. The quantitative estimate of drug-likeness (QED) is 0.156. The molecule has 1 aromatic heterocycles. The van der Waals surface area contributed by atoms with Gasteiger partial charge in [0, 0.05) is 33.4 Å². The van der Waals surface area contributed by atoms with E-state index in [9.17, 15) is 0 Å². The lowest BCUT2D eigenvalue weighted by Gasteiger charge is -2.28. The van der Waals surface area contributed by atoms with E-state index in [-0.39, 0.29) is 0 Å². The number of hydrogen-bond acceptors (Lipinski definition) is 1. The Labute approximate surface area is 325 Å². The van der Waals surface area contributed by atoms with Crippen molar-refractivity contribution in [2.24, 2.45) is 0 Å². The summed E-state index contributed by atoms with van der Waals surface area (Å²) in [5, 5.41) is 10.1. The summed E-state index contributed by atoms with van der Waals surface area (Å²) in [4.78, 5) is 2.42. The number of benzene rings is 10. The number of hydrogen-bond donors (Lipinski definition) is 0. The van der Waals surface area contributed by atoms with Crippen LogP contribution < -0.4 is 4.90 Å². The van der Waals surface area contributed by atoms with Crippen LogP contribution in [0.25, 0.3) is 82.1 Å². The van der Waals surface area contributed by atoms with Gasteiger partial charge in [-0.05, 0) is 110 Å². The van der Waals surface area contributed by atoms with E-state index in [1.54, 1.807) is 0 Å². The molecule has 0 N–H and O–H groups in total. The first-order chi connectivity index (χ1) is 27.8. The Bertz CT molecular complexity index is 3230. The number of aromatic nitrogens is 1. The van der Waals surface area contributed by atoms with Gasteiger partial charge in [-0.2, -0.15) is 0 Å². The van der Waals surface area contributed by atoms with Crippen LogP contribution in [0.4, 0.5) is 17.1 Å². The minimum absolute atomic E-state index is 1.10. The van der Waals surface area contributed by atoms with Gasteiger partial charge in [-0.15, -0.1) is 0 Å². The van der Waals surface area contributed by atoms with Crippen molar-refractivity contribution >= 4 is 71.2 Å². The smallest absolute Gasteiger partial charge is 0.0542 e. The predicted molar refractivity (Wildman–Crippen MR) is 239 cm³/mol. The fraction of sp³-hybridized carbons (Fsp3) is 0. The molecular weight excluding hydrogens is 677 g/mol. The van der Waals surface area contributed by atoms with Gasteiger partial charge in [-0.3, -0.25) is 0 Å². The van der Waals surface area contributed by atoms with E-state index in [1.807, 2.05) is 0 Å². The van der Waals surface area contributed by atoms with Crippen LogP contribution in [-0.4, -0.2) is 4.57 Å². The van der Waals surface area contributed by atoms with Gasteiger partial charge < -0.3 is 9.47 Å². The molecule has 1 heterocycles. The lowest BCUT2D eigenvalue weighted by molar-refractivity contribution is 1.18. The number of para-hydroxylation sites is 3. The van der Waals surface area contributed by atoms with Gasteiger partial charge in [0.1, 0.15) is 0 Å². The van der Waals surface area contributed by atoms with E-state index >= 15 is 0 Å². The monoisotopic (exact) mass is 712 g/mol. The molecule has 0 saturated carbocycles. The average molecular weight is 713 g/mol. The van der Waals surface area contributed by atoms with Crippen LogP contribution in [0.2, 0.25) is 0 Å². The molecule has 0 fully saturated rings. The third kappa shape index (κ3) is 5.19. The van der Waals surface area contributed by atoms with Crippen LogP contribution in [0.5, 0.6) is 0 Å². The van der Waals surface area contributed by atoms with Gasteiger partial charge in [0.2, 0.25) is 0 Å². The number of anilines is 3. The minimum Gasteiger partial charge on any atom is -0.310 e. The van der Waals surface area contributed by atoms with Gasteiger partial charge in [0.05, 0.1) is 16.7 Å². The van der Waals surface area contributed by atoms with Crippen molar-refractivity contribution in [3.8, 4) is 27.9 Å². The van der Waals surface area contributed by atoms with Crippen LogP contribution in [0, 0.1) is 0 Å². The zero-order valence-corrected chi connectivity index (χ0v) is 30.7. The third-order valence-electron chi connectivity index (χ3n) is 11.4. The minimum atomic E-state index is 1.10. The topological polar surface area (TPSA) is 8.17 Å². The molecule has 0 spiro atoms. The molecule has 10 aromatic carbocycles. The second-order valence-corrected chi connectivity index (χ2v) is 14.5. The van der Waals surface area contributed by atoms with E-state index in [4.69, 9.17) is 0 Å². The second kappa shape index (κ2) is 13.2. The molecule has 56 heavy (non-hydrogen) atoms. The zero-order valence-electron chi connectivity index (χ0n) is 30.7. The van der Waals surface area contributed by atoms with E-state index in [0.717, 1.165) is 22.7 Å². The van der Waals surface area contributed by atoms with Gasteiger partial charge in [0.15, 0.2) is 0 Å². The number of rotatable bonds is 6. The Kier molecular flexibility index (Phi) is 7.53. The summed E-state index contributed by atoms with van der Waals surface area (Å²) in [6, 6.07) is 79.5. The maximum atomic E-state index is 2.42. The summed E-state index contributed by atoms with van der Waals surface area (Å²) in [7, 11) is 0. The molecule has 0 atom stereocenters. The molecular formula is C54H36N2. The normalized spacial score (nSPS) is 11.6. The molecule has 0 aliphatic carbocycles. The van der Waals surface area contributed by atoms with Crippen LogP contribution in [-0.2, 0) is 0 Å². The molecule has 2 heteroatoms. The Morgan fingerprint density at radius 2 is 0.893 bits per heavy atom. The summed E-state index contributed by atoms with van der Waals surface area (Å²) in [6.45, 7) is 0. The molecule has 11 aromatic rings. The summed E-state index contributed by atoms with van der Waals surface area (Å²) < 4.78 is 2.38. The highest BCUT2D eigenvalue weighted by Gasteiger charge is 2.20. The Balaban J connectivity index is 1.12. The molecule has 0 radical (unpaired) electrons. The van der Waals surface area contributed by atoms with Crippen molar-refractivity contribution in [1.82, 2.24) is 4.57 Å². The molecule has 11 rings (SSSR count). The van der Waals surface area contributed by atoms with E-state index in [0.29, 0.717) is 0 Å². The van der Waals surface area contributed by atoms with Gasteiger partial charge in [-0.25, -0.2) is 0 Å². The summed E-state index contributed by atoms with van der Waals surface area (Å²) in [6.07, 6.45) is 0. The highest BCUT2D eigenvalue weighted by Crippen LogP contribution is 2.44. The predicted octanol–water partition coefficient (Wildman–Crippen LogP) is 15.0. The van der Waals surface area contributed by atoms with Crippen LogP contribution in [0.1, 0.15) is 0 Å². The maximum Gasteiger partial charge on any atom is 0.0542 e. The van der Waals surface area contributed by atoms with Crippen molar-refractivity contribution in [2.75, 3.05) is 4.90 Å². The van der Waals surface area contributed by atoms with Gasteiger partial charge >= 0.3 is 0 Å². The van der Waals surface area contributed by atoms with Crippen LogP contribution >= 0.6 is 0 Å². The molecule has 2 nitrogen and oxygen atoms in total. The highest BCUT2D eigenvalue weighted by atomic mass is 15.1. The summed E-state index contributed by atoms with van der Waals surface area (Å²) in [5.74, 6) is 0. The third-order valence-corrected chi connectivity index (χ3v) is 11.4. The standard InChI is InChI=1S/C54H36N2/c1-3-15-37(16-4-1)44-21-11-13-25-52(44)55(42-32-34-54-51(35-42)48-24-12-14-26-53(48)56(54)40-18-5-2-6-19-40)41-30-27-39(28-31-41)49-36-50-43-20-8-7-17-38(43)29-33-47(50)45-22-9-10-23-46(45)49/h1-36H.